The highest BCUT2D eigenvalue weighted by Crippen LogP contribution is 2.27. The van der Waals surface area contributed by atoms with Crippen molar-refractivity contribution in [1.29, 1.82) is 0 Å². The van der Waals surface area contributed by atoms with Gasteiger partial charge in [-0.2, -0.15) is 0 Å². The van der Waals surface area contributed by atoms with Gasteiger partial charge in [0.2, 0.25) is 5.91 Å². The number of hydrogen-bond donors (Lipinski definition) is 1. The second-order valence-electron chi connectivity index (χ2n) is 4.06. The third-order valence-electron chi connectivity index (χ3n) is 2.84. The number of halogens is 1. The van der Waals surface area contributed by atoms with Crippen LogP contribution in [0.15, 0.2) is 0 Å². The first-order chi connectivity index (χ1) is 6.22. The van der Waals surface area contributed by atoms with Gasteiger partial charge in [0.25, 0.3) is 0 Å². The topological polar surface area (TPSA) is 29.1 Å². The van der Waals surface area contributed by atoms with Crippen molar-refractivity contribution in [3.05, 3.63) is 0 Å². The van der Waals surface area contributed by atoms with E-state index in [9.17, 15) is 4.79 Å². The summed E-state index contributed by atoms with van der Waals surface area (Å²) < 4.78 is 0. The zero-order chi connectivity index (χ0) is 9.68. The van der Waals surface area contributed by atoms with E-state index in [1.807, 2.05) is 0 Å². The van der Waals surface area contributed by atoms with Crippen molar-refractivity contribution >= 4 is 21.8 Å². The zero-order valence-corrected chi connectivity index (χ0v) is 9.77. The number of rotatable bonds is 3. The summed E-state index contributed by atoms with van der Waals surface area (Å²) in [6.45, 7) is 3.18. The van der Waals surface area contributed by atoms with Crippen molar-refractivity contribution in [3.63, 3.8) is 0 Å². The van der Waals surface area contributed by atoms with Crippen molar-refractivity contribution in [2.45, 2.75) is 32.6 Å². The first-order valence-corrected chi connectivity index (χ1v) is 6.17. The monoisotopic (exact) mass is 247 g/mol. The van der Waals surface area contributed by atoms with Gasteiger partial charge in [0.15, 0.2) is 0 Å². The Morgan fingerprint density at radius 2 is 2.00 bits per heavy atom. The van der Waals surface area contributed by atoms with Gasteiger partial charge in [0.1, 0.15) is 0 Å². The fourth-order valence-corrected chi connectivity index (χ4v) is 2.04. The smallest absolute Gasteiger partial charge is 0.230 e. The lowest BCUT2D eigenvalue weighted by Gasteiger charge is -2.26. The molecule has 0 saturated heterocycles. The number of hydrogen-bond acceptors (Lipinski definition) is 1. The van der Waals surface area contributed by atoms with E-state index in [1.165, 1.54) is 25.7 Å². The van der Waals surface area contributed by atoms with E-state index in [2.05, 4.69) is 28.2 Å². The number of carbonyl (C=O) groups excluding carboxylic acids is 1. The van der Waals surface area contributed by atoms with Crippen LogP contribution in [0.2, 0.25) is 0 Å². The fourth-order valence-electron chi connectivity index (χ4n) is 1.84. The largest absolute Gasteiger partial charge is 0.355 e. The Labute approximate surface area is 88.6 Å². The summed E-state index contributed by atoms with van der Waals surface area (Å²) in [5.74, 6) is 1.72. The van der Waals surface area contributed by atoms with Gasteiger partial charge in [-0.3, -0.25) is 4.79 Å². The Morgan fingerprint density at radius 3 is 2.54 bits per heavy atom. The number of alkyl halides is 1. The SMILES string of the molecule is CC1CCC(CNC(=O)CBr)CC1. The number of amides is 1. The molecule has 1 N–H and O–H groups in total. The van der Waals surface area contributed by atoms with Crippen LogP contribution >= 0.6 is 15.9 Å². The van der Waals surface area contributed by atoms with Crippen LogP contribution in [0.1, 0.15) is 32.6 Å². The van der Waals surface area contributed by atoms with E-state index >= 15 is 0 Å². The molecular formula is C10H18BrNO. The van der Waals surface area contributed by atoms with Crippen molar-refractivity contribution in [2.75, 3.05) is 11.9 Å². The van der Waals surface area contributed by atoms with E-state index in [4.69, 9.17) is 0 Å². The molecule has 0 spiro atoms. The van der Waals surface area contributed by atoms with Crippen molar-refractivity contribution in [2.24, 2.45) is 11.8 Å². The summed E-state index contributed by atoms with van der Waals surface area (Å²) in [5, 5.41) is 3.36. The molecule has 0 aromatic heterocycles. The second kappa shape index (κ2) is 5.63. The molecule has 0 aliphatic heterocycles. The van der Waals surface area contributed by atoms with Crippen LogP contribution in [0.25, 0.3) is 0 Å². The molecule has 1 amide bonds. The predicted molar refractivity (Wildman–Crippen MR) is 57.9 cm³/mol. The maximum absolute atomic E-state index is 11.0. The molecule has 0 atom stereocenters. The third kappa shape index (κ3) is 4.12. The average Bonchev–Trinajstić information content (AvgIpc) is 2.16. The minimum Gasteiger partial charge on any atom is -0.355 e. The summed E-state index contributed by atoms with van der Waals surface area (Å²) in [7, 11) is 0. The Morgan fingerprint density at radius 1 is 1.38 bits per heavy atom. The molecule has 1 aliphatic rings. The molecule has 0 unspecified atom stereocenters. The summed E-state index contributed by atoms with van der Waals surface area (Å²) >= 11 is 3.14. The van der Waals surface area contributed by atoms with Gasteiger partial charge in [-0.05, 0) is 24.7 Å². The minimum atomic E-state index is 0.110. The minimum absolute atomic E-state index is 0.110. The Bertz CT molecular complexity index is 164. The summed E-state index contributed by atoms with van der Waals surface area (Å²) in [5.41, 5.74) is 0. The van der Waals surface area contributed by atoms with Gasteiger partial charge in [0.05, 0.1) is 5.33 Å². The highest BCUT2D eigenvalue weighted by Gasteiger charge is 2.18. The molecule has 0 radical (unpaired) electrons. The van der Waals surface area contributed by atoms with Crippen LogP contribution < -0.4 is 5.32 Å². The van der Waals surface area contributed by atoms with Crippen molar-refractivity contribution in [1.82, 2.24) is 5.32 Å². The van der Waals surface area contributed by atoms with Crippen LogP contribution in [-0.4, -0.2) is 17.8 Å². The van der Waals surface area contributed by atoms with Crippen molar-refractivity contribution in [3.8, 4) is 0 Å². The van der Waals surface area contributed by atoms with Crippen LogP contribution in [0.4, 0.5) is 0 Å². The Hall–Kier alpha value is -0.0500. The molecular weight excluding hydrogens is 230 g/mol. The van der Waals surface area contributed by atoms with Crippen LogP contribution in [0.5, 0.6) is 0 Å². The van der Waals surface area contributed by atoms with Gasteiger partial charge < -0.3 is 5.32 Å². The van der Waals surface area contributed by atoms with Gasteiger partial charge in [-0.1, -0.05) is 35.7 Å². The highest BCUT2D eigenvalue weighted by atomic mass is 79.9. The Kier molecular flexibility index (Phi) is 4.78. The lowest BCUT2D eigenvalue weighted by atomic mass is 9.83. The van der Waals surface area contributed by atoms with Gasteiger partial charge in [0, 0.05) is 6.54 Å². The van der Waals surface area contributed by atoms with Crippen molar-refractivity contribution < 1.29 is 4.79 Å². The molecule has 1 rings (SSSR count). The van der Waals surface area contributed by atoms with E-state index in [0.29, 0.717) is 5.33 Å². The molecule has 0 bridgehead atoms. The first kappa shape index (κ1) is 11.0. The van der Waals surface area contributed by atoms with Crippen LogP contribution in [0.3, 0.4) is 0 Å². The molecule has 76 valence electrons. The normalized spacial score (nSPS) is 28.5. The quantitative estimate of drug-likeness (QED) is 0.763. The van der Waals surface area contributed by atoms with E-state index in [1.54, 1.807) is 0 Å². The van der Waals surface area contributed by atoms with Gasteiger partial charge in [-0.25, -0.2) is 0 Å². The molecule has 1 fully saturated rings. The standard InChI is InChI=1S/C10H18BrNO/c1-8-2-4-9(5-3-8)7-12-10(13)6-11/h8-9H,2-7H2,1H3,(H,12,13). The number of nitrogens with one attached hydrogen (secondary N) is 1. The average molecular weight is 248 g/mol. The van der Waals surface area contributed by atoms with E-state index in [0.717, 1.165) is 18.4 Å². The number of carbonyl (C=O) groups is 1. The van der Waals surface area contributed by atoms with Gasteiger partial charge in [-0.15, -0.1) is 0 Å². The molecule has 0 aromatic carbocycles. The molecule has 2 nitrogen and oxygen atoms in total. The second-order valence-corrected chi connectivity index (χ2v) is 4.62. The molecule has 0 aromatic rings. The maximum Gasteiger partial charge on any atom is 0.230 e. The van der Waals surface area contributed by atoms with E-state index in [-0.39, 0.29) is 5.91 Å². The lowest BCUT2D eigenvalue weighted by molar-refractivity contribution is -0.118. The molecule has 1 aliphatic carbocycles. The zero-order valence-electron chi connectivity index (χ0n) is 8.18. The molecule has 1 saturated carbocycles. The Balaban J connectivity index is 2.12. The van der Waals surface area contributed by atoms with E-state index < -0.39 is 0 Å². The summed E-state index contributed by atoms with van der Waals surface area (Å²) in [6, 6.07) is 0. The highest BCUT2D eigenvalue weighted by molar-refractivity contribution is 9.09. The third-order valence-corrected chi connectivity index (χ3v) is 3.35. The lowest BCUT2D eigenvalue weighted by Crippen LogP contribution is -2.31. The summed E-state index contributed by atoms with van der Waals surface area (Å²) in [6.07, 6.45) is 5.22. The fraction of sp³-hybridized carbons (Fsp3) is 0.900. The van der Waals surface area contributed by atoms with Gasteiger partial charge >= 0.3 is 0 Å². The molecule has 13 heavy (non-hydrogen) atoms. The molecule has 3 heteroatoms. The molecule has 0 heterocycles. The van der Waals surface area contributed by atoms with Crippen LogP contribution in [0, 0.1) is 11.8 Å². The van der Waals surface area contributed by atoms with Crippen LogP contribution in [-0.2, 0) is 4.79 Å². The first-order valence-electron chi connectivity index (χ1n) is 5.05. The maximum atomic E-state index is 11.0. The predicted octanol–water partition coefficient (Wildman–Crippen LogP) is 2.32. The summed E-state index contributed by atoms with van der Waals surface area (Å²) in [4.78, 5) is 11.0.